The third-order valence-electron chi connectivity index (χ3n) is 3.75. The molecule has 1 aliphatic heterocycles. The Labute approximate surface area is 173 Å². The van der Waals surface area contributed by atoms with Crippen molar-refractivity contribution in [1.82, 2.24) is 10.2 Å². The van der Waals surface area contributed by atoms with Gasteiger partial charge in [-0.25, -0.2) is 0 Å². The number of fused-ring (bicyclic) bond motifs is 1. The van der Waals surface area contributed by atoms with Gasteiger partial charge < -0.3 is 5.32 Å². The molecule has 6 nitrogen and oxygen atoms in total. The third-order valence-corrected chi connectivity index (χ3v) is 4.95. The fourth-order valence-electron chi connectivity index (χ4n) is 2.44. The number of imide groups is 1. The van der Waals surface area contributed by atoms with E-state index in [-0.39, 0.29) is 22.5 Å². The zero-order valence-corrected chi connectivity index (χ0v) is 17.0. The molecule has 2 aromatic rings. The molecular formula is C17H11ClIN3O3S. The number of rotatable bonds is 2. The van der Waals surface area contributed by atoms with E-state index in [2.05, 4.69) is 33.2 Å². The lowest BCUT2D eigenvalue weighted by Gasteiger charge is -2.11. The average Bonchev–Trinajstić information content (AvgIpc) is 2.81. The summed E-state index contributed by atoms with van der Waals surface area (Å²) in [7, 11) is 1.42. The van der Waals surface area contributed by atoms with Crippen LogP contribution in [-0.2, 0) is 0 Å². The van der Waals surface area contributed by atoms with Crippen molar-refractivity contribution in [2.45, 2.75) is 0 Å². The molecule has 26 heavy (non-hydrogen) atoms. The number of anilines is 1. The van der Waals surface area contributed by atoms with Gasteiger partial charge in [0.2, 0.25) is 0 Å². The quantitative estimate of drug-likeness (QED) is 0.377. The molecule has 0 saturated heterocycles. The van der Waals surface area contributed by atoms with Crippen LogP contribution in [0.5, 0.6) is 0 Å². The summed E-state index contributed by atoms with van der Waals surface area (Å²) in [6.07, 6.45) is 0. The first-order chi connectivity index (χ1) is 12.3. The zero-order chi connectivity index (χ0) is 19.0. The number of nitrogens with zero attached hydrogens (tertiary/aromatic N) is 1. The number of benzene rings is 2. The van der Waals surface area contributed by atoms with E-state index >= 15 is 0 Å². The first-order valence-electron chi connectivity index (χ1n) is 7.31. The van der Waals surface area contributed by atoms with Gasteiger partial charge in [-0.3, -0.25) is 24.6 Å². The van der Waals surface area contributed by atoms with Crippen LogP contribution >= 0.6 is 46.4 Å². The van der Waals surface area contributed by atoms with Crippen LogP contribution in [0.4, 0.5) is 5.69 Å². The summed E-state index contributed by atoms with van der Waals surface area (Å²) in [5.74, 6) is -1.17. The number of nitrogens with one attached hydrogen (secondary N) is 2. The van der Waals surface area contributed by atoms with Crippen LogP contribution in [-0.4, -0.2) is 34.8 Å². The van der Waals surface area contributed by atoms with Crippen molar-refractivity contribution < 1.29 is 14.4 Å². The topological polar surface area (TPSA) is 78.5 Å². The van der Waals surface area contributed by atoms with Gasteiger partial charge in [-0.2, -0.15) is 0 Å². The van der Waals surface area contributed by atoms with Crippen LogP contribution in [0, 0.1) is 3.57 Å². The Kier molecular flexibility index (Phi) is 5.26. The molecule has 3 amide bonds. The number of amides is 3. The SMILES string of the molecule is CN1C(=O)c2ccc(NC(=S)NC(=O)c3cc(I)ccc3Cl)cc2C1=O. The van der Waals surface area contributed by atoms with Gasteiger partial charge in [-0.05, 0) is 71.2 Å². The van der Waals surface area contributed by atoms with E-state index in [9.17, 15) is 14.4 Å². The Morgan fingerprint density at radius 1 is 1.12 bits per heavy atom. The molecule has 2 N–H and O–H groups in total. The molecule has 0 aromatic heterocycles. The molecule has 132 valence electrons. The van der Waals surface area contributed by atoms with Crippen molar-refractivity contribution in [3.05, 3.63) is 61.7 Å². The molecule has 2 aromatic carbocycles. The molecule has 0 spiro atoms. The summed E-state index contributed by atoms with van der Waals surface area (Å²) in [4.78, 5) is 37.3. The Bertz CT molecular complexity index is 980. The van der Waals surface area contributed by atoms with Crippen molar-refractivity contribution in [2.75, 3.05) is 12.4 Å². The molecule has 0 fully saturated rings. The lowest BCUT2D eigenvalue weighted by Crippen LogP contribution is -2.34. The van der Waals surface area contributed by atoms with Crippen LogP contribution in [0.3, 0.4) is 0 Å². The Morgan fingerprint density at radius 3 is 2.54 bits per heavy atom. The van der Waals surface area contributed by atoms with Gasteiger partial charge in [0, 0.05) is 16.3 Å². The molecule has 1 heterocycles. The lowest BCUT2D eigenvalue weighted by atomic mass is 10.1. The van der Waals surface area contributed by atoms with E-state index in [1.807, 2.05) is 0 Å². The standard InChI is InChI=1S/C17H11ClIN3O3S/c1-22-15(24)10-4-3-9(7-11(10)16(22)25)20-17(26)21-14(23)12-6-8(19)2-5-13(12)18/h2-7H,1H3,(H2,20,21,23,26). The fourth-order valence-corrected chi connectivity index (χ4v) is 3.35. The highest BCUT2D eigenvalue weighted by atomic mass is 127. The minimum absolute atomic E-state index is 0.0509. The summed E-state index contributed by atoms with van der Waals surface area (Å²) in [5, 5.41) is 5.74. The van der Waals surface area contributed by atoms with E-state index in [4.69, 9.17) is 23.8 Å². The third kappa shape index (κ3) is 3.57. The number of thiocarbonyl (C=S) groups is 1. The van der Waals surface area contributed by atoms with Gasteiger partial charge >= 0.3 is 0 Å². The maximum atomic E-state index is 12.3. The second-order valence-corrected chi connectivity index (χ2v) is 7.52. The number of hydrogen-bond acceptors (Lipinski definition) is 4. The normalized spacial score (nSPS) is 12.8. The van der Waals surface area contributed by atoms with Gasteiger partial charge in [0.25, 0.3) is 17.7 Å². The van der Waals surface area contributed by atoms with Crippen molar-refractivity contribution in [1.29, 1.82) is 0 Å². The minimum Gasteiger partial charge on any atom is -0.332 e. The molecule has 9 heteroatoms. The second-order valence-electron chi connectivity index (χ2n) is 5.46. The molecule has 1 aliphatic rings. The van der Waals surface area contributed by atoms with E-state index < -0.39 is 5.91 Å². The zero-order valence-electron chi connectivity index (χ0n) is 13.3. The highest BCUT2D eigenvalue weighted by Crippen LogP contribution is 2.25. The summed E-state index contributed by atoms with van der Waals surface area (Å²) in [6, 6.07) is 9.75. The van der Waals surface area contributed by atoms with Crippen LogP contribution < -0.4 is 10.6 Å². The molecule has 0 saturated carbocycles. The molecule has 0 atom stereocenters. The van der Waals surface area contributed by atoms with Gasteiger partial charge in [0.15, 0.2) is 5.11 Å². The van der Waals surface area contributed by atoms with Gasteiger partial charge in [0.1, 0.15) is 0 Å². The minimum atomic E-state index is -0.446. The number of carbonyl (C=O) groups is 3. The summed E-state index contributed by atoms with van der Waals surface area (Å²) < 4.78 is 0.863. The summed E-state index contributed by atoms with van der Waals surface area (Å²) in [6.45, 7) is 0. The second kappa shape index (κ2) is 7.29. The maximum absolute atomic E-state index is 12.3. The van der Waals surface area contributed by atoms with Crippen molar-refractivity contribution in [2.24, 2.45) is 0 Å². The van der Waals surface area contributed by atoms with Crippen molar-refractivity contribution >= 4 is 74.9 Å². The molecule has 0 bridgehead atoms. The predicted octanol–water partition coefficient (Wildman–Crippen LogP) is 3.30. The van der Waals surface area contributed by atoms with Gasteiger partial charge in [0.05, 0.1) is 21.7 Å². The van der Waals surface area contributed by atoms with E-state index in [0.717, 1.165) is 8.47 Å². The average molecular weight is 500 g/mol. The monoisotopic (exact) mass is 499 g/mol. The number of carbonyl (C=O) groups excluding carboxylic acids is 3. The Balaban J connectivity index is 1.73. The van der Waals surface area contributed by atoms with Crippen LogP contribution in [0.1, 0.15) is 31.1 Å². The maximum Gasteiger partial charge on any atom is 0.261 e. The van der Waals surface area contributed by atoms with Crippen molar-refractivity contribution in [3.8, 4) is 0 Å². The molecule has 0 unspecified atom stereocenters. The first-order valence-corrected chi connectivity index (χ1v) is 9.18. The lowest BCUT2D eigenvalue weighted by molar-refractivity contribution is 0.0692. The van der Waals surface area contributed by atoms with Crippen LogP contribution in [0.15, 0.2) is 36.4 Å². The number of halogens is 2. The Morgan fingerprint density at radius 2 is 1.81 bits per heavy atom. The smallest absolute Gasteiger partial charge is 0.261 e. The van der Waals surface area contributed by atoms with Gasteiger partial charge in [-0.1, -0.05) is 11.6 Å². The largest absolute Gasteiger partial charge is 0.332 e. The Hall–Kier alpha value is -2.04. The van der Waals surface area contributed by atoms with Crippen molar-refractivity contribution in [3.63, 3.8) is 0 Å². The predicted molar refractivity (Wildman–Crippen MR) is 111 cm³/mol. The van der Waals surface area contributed by atoms with E-state index in [1.54, 1.807) is 30.3 Å². The molecule has 0 radical (unpaired) electrons. The summed E-state index contributed by atoms with van der Waals surface area (Å²) >= 11 is 13.3. The van der Waals surface area contributed by atoms with Gasteiger partial charge in [-0.15, -0.1) is 0 Å². The molecule has 0 aliphatic carbocycles. The molecular weight excluding hydrogens is 489 g/mol. The highest BCUT2D eigenvalue weighted by Gasteiger charge is 2.32. The molecule has 3 rings (SSSR count). The highest BCUT2D eigenvalue weighted by molar-refractivity contribution is 14.1. The first kappa shape index (κ1) is 18.7. The number of hydrogen-bond donors (Lipinski definition) is 2. The summed E-state index contributed by atoms with van der Waals surface area (Å²) in [5.41, 5.74) is 1.42. The van der Waals surface area contributed by atoms with E-state index in [0.29, 0.717) is 21.8 Å². The van der Waals surface area contributed by atoms with Crippen LogP contribution in [0.2, 0.25) is 5.02 Å². The van der Waals surface area contributed by atoms with E-state index in [1.165, 1.54) is 13.1 Å². The van der Waals surface area contributed by atoms with Crippen LogP contribution in [0.25, 0.3) is 0 Å². The fraction of sp³-hybridized carbons (Fsp3) is 0.0588.